The molecule has 0 aromatic heterocycles. The molecule has 5 heteroatoms. The van der Waals surface area contributed by atoms with Crippen molar-refractivity contribution in [1.29, 1.82) is 0 Å². The van der Waals surface area contributed by atoms with E-state index in [9.17, 15) is 14.7 Å². The number of hydrogen-bond donors (Lipinski definition) is 2. The fourth-order valence-electron chi connectivity index (χ4n) is 1.56. The van der Waals surface area contributed by atoms with Crippen molar-refractivity contribution in [3.8, 4) is 0 Å². The molecule has 1 aromatic carbocycles. The van der Waals surface area contributed by atoms with E-state index in [4.69, 9.17) is 11.6 Å². The van der Waals surface area contributed by atoms with Gasteiger partial charge in [0.05, 0.1) is 0 Å². The molecule has 0 bridgehead atoms. The fourth-order valence-corrected chi connectivity index (χ4v) is 1.69. The average molecular weight is 242 g/mol. The van der Waals surface area contributed by atoms with Gasteiger partial charge in [-0.15, -0.1) is 0 Å². The standard InChI is InChI=1S/C11H12ClNO3/c1-2-11(10(15)16,13-7-14)8-3-5-9(12)6-4-8/h3-7H,2H2,1H3,(H,13,14)(H,15,16). The smallest absolute Gasteiger partial charge is 0.334 e. The van der Waals surface area contributed by atoms with Crippen molar-refractivity contribution in [1.82, 2.24) is 5.32 Å². The first-order valence-corrected chi connectivity index (χ1v) is 5.15. The number of hydrogen-bond acceptors (Lipinski definition) is 2. The minimum Gasteiger partial charge on any atom is -0.479 e. The van der Waals surface area contributed by atoms with Crippen molar-refractivity contribution in [3.05, 3.63) is 34.9 Å². The number of benzene rings is 1. The van der Waals surface area contributed by atoms with Crippen LogP contribution in [0.25, 0.3) is 0 Å². The molecule has 2 N–H and O–H groups in total. The molecule has 4 nitrogen and oxygen atoms in total. The van der Waals surface area contributed by atoms with Crippen LogP contribution in [-0.2, 0) is 15.1 Å². The molecule has 0 radical (unpaired) electrons. The predicted octanol–water partition coefficient (Wildman–Crippen LogP) is 1.78. The third-order valence-corrected chi connectivity index (χ3v) is 2.79. The van der Waals surface area contributed by atoms with E-state index in [0.29, 0.717) is 17.0 Å². The summed E-state index contributed by atoms with van der Waals surface area (Å²) in [6, 6.07) is 6.38. The van der Waals surface area contributed by atoms with Crippen LogP contribution in [-0.4, -0.2) is 17.5 Å². The molecule has 1 amide bonds. The largest absolute Gasteiger partial charge is 0.479 e. The summed E-state index contributed by atoms with van der Waals surface area (Å²) in [6.45, 7) is 1.69. The van der Waals surface area contributed by atoms with E-state index >= 15 is 0 Å². The Hall–Kier alpha value is -1.55. The third-order valence-electron chi connectivity index (χ3n) is 2.54. The second kappa shape index (κ2) is 4.99. The molecule has 0 aliphatic heterocycles. The van der Waals surface area contributed by atoms with Gasteiger partial charge in [0.2, 0.25) is 6.41 Å². The molecule has 0 spiro atoms. The quantitative estimate of drug-likeness (QED) is 0.773. The van der Waals surface area contributed by atoms with E-state index < -0.39 is 11.5 Å². The van der Waals surface area contributed by atoms with Gasteiger partial charge in [-0.3, -0.25) is 4.79 Å². The molecule has 86 valence electrons. The second-order valence-corrected chi connectivity index (χ2v) is 3.77. The second-order valence-electron chi connectivity index (χ2n) is 3.33. The summed E-state index contributed by atoms with van der Waals surface area (Å²) in [4.78, 5) is 21.8. The van der Waals surface area contributed by atoms with Crippen LogP contribution in [0.5, 0.6) is 0 Å². The van der Waals surface area contributed by atoms with Gasteiger partial charge in [0.15, 0.2) is 5.54 Å². The zero-order valence-electron chi connectivity index (χ0n) is 8.74. The van der Waals surface area contributed by atoms with Gasteiger partial charge in [-0.2, -0.15) is 0 Å². The number of nitrogens with one attached hydrogen (secondary N) is 1. The minimum atomic E-state index is -1.38. The number of carbonyl (C=O) groups excluding carboxylic acids is 1. The monoisotopic (exact) mass is 241 g/mol. The molecule has 0 aliphatic rings. The van der Waals surface area contributed by atoms with Crippen LogP contribution in [0.15, 0.2) is 24.3 Å². The van der Waals surface area contributed by atoms with Crippen LogP contribution in [0.1, 0.15) is 18.9 Å². The van der Waals surface area contributed by atoms with Crippen molar-refractivity contribution >= 4 is 24.0 Å². The molecule has 16 heavy (non-hydrogen) atoms. The Bertz CT molecular complexity index is 391. The Labute approximate surface area is 98.2 Å². The van der Waals surface area contributed by atoms with Gasteiger partial charge >= 0.3 is 5.97 Å². The van der Waals surface area contributed by atoms with Crippen molar-refractivity contribution < 1.29 is 14.7 Å². The highest BCUT2D eigenvalue weighted by atomic mass is 35.5. The molecule has 1 aromatic rings. The van der Waals surface area contributed by atoms with Crippen molar-refractivity contribution in [3.63, 3.8) is 0 Å². The lowest BCUT2D eigenvalue weighted by molar-refractivity contribution is -0.147. The Balaban J connectivity index is 3.23. The molecule has 0 heterocycles. The highest BCUT2D eigenvalue weighted by Crippen LogP contribution is 2.26. The minimum absolute atomic E-state index is 0.253. The first-order valence-electron chi connectivity index (χ1n) is 4.77. The molecule has 0 saturated carbocycles. The van der Waals surface area contributed by atoms with Gasteiger partial charge in [0.25, 0.3) is 0 Å². The van der Waals surface area contributed by atoms with Gasteiger partial charge in [-0.1, -0.05) is 30.7 Å². The summed E-state index contributed by atoms with van der Waals surface area (Å²) in [5.74, 6) is -1.09. The first kappa shape index (κ1) is 12.5. The van der Waals surface area contributed by atoms with Gasteiger partial charge in [0, 0.05) is 5.02 Å². The molecular formula is C11H12ClNO3. The normalized spacial score (nSPS) is 13.9. The first-order chi connectivity index (χ1) is 7.56. The van der Waals surface area contributed by atoms with E-state index in [-0.39, 0.29) is 6.42 Å². The van der Waals surface area contributed by atoms with Crippen molar-refractivity contribution in [2.24, 2.45) is 0 Å². The lowest BCUT2D eigenvalue weighted by Crippen LogP contribution is -2.48. The molecule has 1 unspecified atom stereocenters. The zero-order valence-corrected chi connectivity index (χ0v) is 9.49. The molecule has 0 fully saturated rings. The maximum absolute atomic E-state index is 11.3. The summed E-state index contributed by atoms with van der Waals surface area (Å²) in [5.41, 5.74) is -0.884. The van der Waals surface area contributed by atoms with E-state index in [0.717, 1.165) is 0 Å². The summed E-state index contributed by atoms with van der Waals surface area (Å²) < 4.78 is 0. The highest BCUT2D eigenvalue weighted by Gasteiger charge is 2.38. The maximum atomic E-state index is 11.3. The number of carboxylic acids is 1. The molecule has 1 atom stereocenters. The van der Waals surface area contributed by atoms with Crippen LogP contribution in [0, 0.1) is 0 Å². The Morgan fingerprint density at radius 3 is 2.44 bits per heavy atom. The number of aliphatic carboxylic acids is 1. The number of carboxylic acid groups (broad SMARTS) is 1. The third kappa shape index (κ3) is 2.17. The Morgan fingerprint density at radius 2 is 2.06 bits per heavy atom. The Morgan fingerprint density at radius 1 is 1.50 bits per heavy atom. The lowest BCUT2D eigenvalue weighted by atomic mass is 9.87. The summed E-state index contributed by atoms with van der Waals surface area (Å²) in [7, 11) is 0. The maximum Gasteiger partial charge on any atom is 0.334 e. The fraction of sp³-hybridized carbons (Fsp3) is 0.273. The number of amides is 1. The summed E-state index contributed by atoms with van der Waals surface area (Å²) in [6.07, 6.45) is 0.648. The van der Waals surface area contributed by atoms with Gasteiger partial charge in [-0.05, 0) is 24.1 Å². The van der Waals surface area contributed by atoms with Crippen LogP contribution in [0.4, 0.5) is 0 Å². The van der Waals surface area contributed by atoms with Gasteiger partial charge in [-0.25, -0.2) is 4.79 Å². The van der Waals surface area contributed by atoms with E-state index in [1.165, 1.54) is 0 Å². The topological polar surface area (TPSA) is 66.4 Å². The predicted molar refractivity (Wildman–Crippen MR) is 60.3 cm³/mol. The highest BCUT2D eigenvalue weighted by molar-refractivity contribution is 6.30. The van der Waals surface area contributed by atoms with E-state index in [1.54, 1.807) is 31.2 Å². The zero-order chi connectivity index (χ0) is 12.2. The molecule has 0 aliphatic carbocycles. The van der Waals surface area contributed by atoms with Crippen molar-refractivity contribution in [2.75, 3.05) is 0 Å². The Kier molecular flexibility index (Phi) is 3.90. The molecule has 0 saturated heterocycles. The molecular weight excluding hydrogens is 230 g/mol. The number of rotatable bonds is 5. The SMILES string of the molecule is CCC(NC=O)(C(=O)O)c1ccc(Cl)cc1. The van der Waals surface area contributed by atoms with Crippen molar-refractivity contribution in [2.45, 2.75) is 18.9 Å². The van der Waals surface area contributed by atoms with E-state index in [2.05, 4.69) is 5.32 Å². The van der Waals surface area contributed by atoms with Crippen LogP contribution in [0.3, 0.4) is 0 Å². The van der Waals surface area contributed by atoms with Crippen LogP contribution < -0.4 is 5.32 Å². The molecule has 1 rings (SSSR count). The lowest BCUT2D eigenvalue weighted by Gasteiger charge is -2.27. The summed E-state index contributed by atoms with van der Waals surface area (Å²) in [5, 5.41) is 12.1. The van der Waals surface area contributed by atoms with Crippen LogP contribution >= 0.6 is 11.6 Å². The number of halogens is 1. The number of carbonyl (C=O) groups is 2. The van der Waals surface area contributed by atoms with Crippen LogP contribution in [0.2, 0.25) is 5.02 Å². The average Bonchev–Trinajstić information content (AvgIpc) is 2.27. The van der Waals surface area contributed by atoms with E-state index in [1.807, 2.05) is 0 Å². The van der Waals surface area contributed by atoms with Gasteiger partial charge < -0.3 is 10.4 Å². The summed E-state index contributed by atoms with van der Waals surface area (Å²) >= 11 is 5.72. The van der Waals surface area contributed by atoms with Gasteiger partial charge in [0.1, 0.15) is 0 Å².